The van der Waals surface area contributed by atoms with E-state index in [1.165, 1.54) is 16.7 Å². The van der Waals surface area contributed by atoms with Crippen molar-refractivity contribution >= 4 is 40.9 Å². The number of nitrogens with one attached hydrogen (secondary N) is 1. The lowest BCUT2D eigenvalue weighted by molar-refractivity contribution is -0.122. The van der Waals surface area contributed by atoms with Gasteiger partial charge in [-0.25, -0.2) is 4.79 Å². The zero-order valence-electron chi connectivity index (χ0n) is 15.1. The lowest BCUT2D eigenvalue weighted by Crippen LogP contribution is -2.41. The summed E-state index contributed by atoms with van der Waals surface area (Å²) in [5.41, 5.74) is 1.60. The Labute approximate surface area is 161 Å². The Bertz CT molecular complexity index is 884. The third kappa shape index (κ3) is 4.14. The van der Waals surface area contributed by atoms with Gasteiger partial charge < -0.3 is 15.0 Å². The Kier molecular flexibility index (Phi) is 5.81. The van der Waals surface area contributed by atoms with Crippen molar-refractivity contribution in [1.29, 1.82) is 0 Å². The first-order valence-corrected chi connectivity index (χ1v) is 9.75. The van der Waals surface area contributed by atoms with Crippen LogP contribution in [-0.2, 0) is 14.3 Å². The first-order chi connectivity index (χ1) is 13.0. The summed E-state index contributed by atoms with van der Waals surface area (Å²) < 4.78 is 5.27. The number of rotatable bonds is 4. The molecular formula is C20H20N2O4S. The maximum atomic E-state index is 12.8. The summed E-state index contributed by atoms with van der Waals surface area (Å²) in [6.07, 6.45) is 2.04. The number of carbonyl (C=O) groups is 3. The molecule has 0 saturated heterocycles. The lowest BCUT2D eigenvalue weighted by Gasteiger charge is -2.27. The molecule has 1 heterocycles. The molecule has 1 aliphatic heterocycles. The van der Waals surface area contributed by atoms with E-state index in [-0.39, 0.29) is 24.3 Å². The van der Waals surface area contributed by atoms with E-state index in [1.54, 1.807) is 43.3 Å². The van der Waals surface area contributed by atoms with Crippen molar-refractivity contribution in [1.82, 2.24) is 0 Å². The molecule has 0 aliphatic carbocycles. The van der Waals surface area contributed by atoms with Gasteiger partial charge in [0, 0.05) is 17.4 Å². The van der Waals surface area contributed by atoms with E-state index in [2.05, 4.69) is 5.32 Å². The molecule has 0 fully saturated rings. The van der Waals surface area contributed by atoms with E-state index < -0.39 is 12.6 Å². The van der Waals surface area contributed by atoms with Gasteiger partial charge in [0.15, 0.2) is 6.61 Å². The summed E-state index contributed by atoms with van der Waals surface area (Å²) in [6, 6.07) is 13.8. The molecule has 140 valence electrons. The van der Waals surface area contributed by atoms with Crippen LogP contribution < -0.4 is 10.2 Å². The summed E-state index contributed by atoms with van der Waals surface area (Å²) in [7, 11) is 0. The molecule has 0 saturated carbocycles. The molecular weight excluding hydrogens is 364 g/mol. The normalized spacial score (nSPS) is 16.1. The predicted octanol–water partition coefficient (Wildman–Crippen LogP) is 3.33. The number of carbonyl (C=O) groups excluding carboxylic acids is 3. The van der Waals surface area contributed by atoms with Gasteiger partial charge >= 0.3 is 5.97 Å². The third-order valence-electron chi connectivity index (χ3n) is 4.28. The number of benzene rings is 2. The Morgan fingerprint density at radius 3 is 2.67 bits per heavy atom. The largest absolute Gasteiger partial charge is 0.452 e. The predicted molar refractivity (Wildman–Crippen MR) is 105 cm³/mol. The maximum Gasteiger partial charge on any atom is 0.339 e. The standard InChI is InChI=1S/C20H20N2O4S/c1-13-11-18(23)21-15-8-4-5-9-16(15)22(13)19(24)12-26-20(25)14-7-3-6-10-17(14)27-2/h3-10,13H,11-12H2,1-2H3,(H,21,23)/t13-/m0/s1. The quantitative estimate of drug-likeness (QED) is 0.646. The van der Waals surface area contributed by atoms with Crippen LogP contribution in [0.3, 0.4) is 0 Å². The number of hydrogen-bond donors (Lipinski definition) is 1. The van der Waals surface area contributed by atoms with Gasteiger partial charge in [-0.15, -0.1) is 11.8 Å². The van der Waals surface area contributed by atoms with Crippen LogP contribution in [0.25, 0.3) is 0 Å². The SMILES string of the molecule is CSc1ccccc1C(=O)OCC(=O)N1c2ccccc2NC(=O)C[C@@H]1C. The number of thioether (sulfide) groups is 1. The minimum atomic E-state index is -0.543. The lowest BCUT2D eigenvalue weighted by atomic mass is 10.1. The number of nitrogens with zero attached hydrogens (tertiary/aromatic N) is 1. The zero-order chi connectivity index (χ0) is 19.4. The molecule has 0 bridgehead atoms. The van der Waals surface area contributed by atoms with Crippen LogP contribution in [0, 0.1) is 0 Å². The molecule has 0 radical (unpaired) electrons. The van der Waals surface area contributed by atoms with Crippen LogP contribution in [0.5, 0.6) is 0 Å². The number of para-hydroxylation sites is 2. The van der Waals surface area contributed by atoms with Crippen LogP contribution in [0.15, 0.2) is 53.4 Å². The van der Waals surface area contributed by atoms with E-state index in [9.17, 15) is 14.4 Å². The van der Waals surface area contributed by atoms with Gasteiger partial charge in [0.1, 0.15) is 0 Å². The fourth-order valence-electron chi connectivity index (χ4n) is 3.06. The number of esters is 1. The molecule has 7 heteroatoms. The average Bonchev–Trinajstić information content (AvgIpc) is 2.79. The fraction of sp³-hybridized carbons (Fsp3) is 0.250. The Balaban J connectivity index is 1.77. The van der Waals surface area contributed by atoms with Gasteiger partial charge in [0.05, 0.1) is 16.9 Å². The van der Waals surface area contributed by atoms with Crippen molar-refractivity contribution in [3.63, 3.8) is 0 Å². The molecule has 1 N–H and O–H groups in total. The van der Waals surface area contributed by atoms with Gasteiger partial charge in [0.25, 0.3) is 5.91 Å². The Morgan fingerprint density at radius 1 is 1.19 bits per heavy atom. The fourth-order valence-corrected chi connectivity index (χ4v) is 3.64. The van der Waals surface area contributed by atoms with Crippen molar-refractivity contribution in [3.8, 4) is 0 Å². The molecule has 6 nitrogen and oxygen atoms in total. The number of ether oxygens (including phenoxy) is 1. The van der Waals surface area contributed by atoms with E-state index in [4.69, 9.17) is 4.74 Å². The average molecular weight is 384 g/mol. The number of hydrogen-bond acceptors (Lipinski definition) is 5. The molecule has 2 aromatic rings. The van der Waals surface area contributed by atoms with E-state index >= 15 is 0 Å². The molecule has 1 atom stereocenters. The van der Waals surface area contributed by atoms with Crippen LogP contribution in [0.1, 0.15) is 23.7 Å². The highest BCUT2D eigenvalue weighted by atomic mass is 32.2. The molecule has 0 aromatic heterocycles. The molecule has 27 heavy (non-hydrogen) atoms. The molecule has 1 aliphatic rings. The van der Waals surface area contributed by atoms with Crippen LogP contribution >= 0.6 is 11.8 Å². The van der Waals surface area contributed by atoms with E-state index in [1.807, 2.05) is 18.4 Å². The second kappa shape index (κ2) is 8.26. The number of anilines is 2. The van der Waals surface area contributed by atoms with Gasteiger partial charge in [-0.1, -0.05) is 24.3 Å². The topological polar surface area (TPSA) is 75.7 Å². The first kappa shape index (κ1) is 19.0. The minimum Gasteiger partial charge on any atom is -0.452 e. The number of amides is 2. The smallest absolute Gasteiger partial charge is 0.339 e. The van der Waals surface area contributed by atoms with Gasteiger partial charge in [-0.3, -0.25) is 9.59 Å². The molecule has 3 rings (SSSR count). The van der Waals surface area contributed by atoms with Crippen molar-refractivity contribution < 1.29 is 19.1 Å². The molecule has 2 amide bonds. The van der Waals surface area contributed by atoms with Crippen LogP contribution in [0.4, 0.5) is 11.4 Å². The zero-order valence-corrected chi connectivity index (χ0v) is 15.9. The highest BCUT2D eigenvalue weighted by Crippen LogP contribution is 2.31. The van der Waals surface area contributed by atoms with Crippen molar-refractivity contribution in [2.45, 2.75) is 24.3 Å². The second-order valence-corrected chi connectivity index (χ2v) is 7.01. The maximum absolute atomic E-state index is 12.8. The van der Waals surface area contributed by atoms with Crippen LogP contribution in [-0.4, -0.2) is 36.7 Å². The first-order valence-electron chi connectivity index (χ1n) is 8.52. The summed E-state index contributed by atoms with van der Waals surface area (Å²) in [4.78, 5) is 39.5. The minimum absolute atomic E-state index is 0.156. The van der Waals surface area contributed by atoms with Crippen LogP contribution in [0.2, 0.25) is 0 Å². The monoisotopic (exact) mass is 384 g/mol. The van der Waals surface area contributed by atoms with Gasteiger partial charge in [-0.05, 0) is 37.4 Å². The Hall–Kier alpha value is -2.80. The Morgan fingerprint density at radius 2 is 1.89 bits per heavy atom. The van der Waals surface area contributed by atoms with E-state index in [0.29, 0.717) is 16.9 Å². The summed E-state index contributed by atoms with van der Waals surface area (Å²) in [6.45, 7) is 1.40. The summed E-state index contributed by atoms with van der Waals surface area (Å²) in [5.74, 6) is -1.07. The van der Waals surface area contributed by atoms with E-state index in [0.717, 1.165) is 4.90 Å². The number of fused-ring (bicyclic) bond motifs is 1. The summed E-state index contributed by atoms with van der Waals surface area (Å²) >= 11 is 1.44. The van der Waals surface area contributed by atoms with Gasteiger partial charge in [-0.2, -0.15) is 0 Å². The van der Waals surface area contributed by atoms with Crippen molar-refractivity contribution in [2.24, 2.45) is 0 Å². The second-order valence-electron chi connectivity index (χ2n) is 6.16. The highest BCUT2D eigenvalue weighted by Gasteiger charge is 2.30. The third-order valence-corrected chi connectivity index (χ3v) is 5.08. The van der Waals surface area contributed by atoms with Crippen molar-refractivity contribution in [2.75, 3.05) is 23.1 Å². The van der Waals surface area contributed by atoms with Crippen molar-refractivity contribution in [3.05, 3.63) is 54.1 Å². The molecule has 0 spiro atoms. The summed E-state index contributed by atoms with van der Waals surface area (Å²) in [5, 5.41) is 2.80. The van der Waals surface area contributed by atoms with Gasteiger partial charge in [0.2, 0.25) is 5.91 Å². The highest BCUT2D eigenvalue weighted by molar-refractivity contribution is 7.98. The molecule has 0 unspecified atom stereocenters. The molecule has 2 aromatic carbocycles.